The second kappa shape index (κ2) is 4.66. The van der Waals surface area contributed by atoms with Crippen molar-refractivity contribution in [3.63, 3.8) is 0 Å². The first-order valence-corrected chi connectivity index (χ1v) is 5.15. The first-order valence-electron chi connectivity index (χ1n) is 5.15. The minimum atomic E-state index is -0.534. The minimum absolute atomic E-state index is 0.00150. The summed E-state index contributed by atoms with van der Waals surface area (Å²) in [6.07, 6.45) is 1.11. The van der Waals surface area contributed by atoms with Crippen LogP contribution in [0.15, 0.2) is 36.5 Å². The Kier molecular flexibility index (Phi) is 3.05. The molecule has 0 saturated heterocycles. The number of nitro groups is 1. The Hall–Kier alpha value is -2.70. The number of nitrogens with zero attached hydrogens (tertiary/aromatic N) is 4. The monoisotopic (exact) mass is 245 g/mol. The van der Waals surface area contributed by atoms with E-state index in [9.17, 15) is 10.1 Å². The number of nitrogens with two attached hydrogens (primary N) is 1. The largest absolute Gasteiger partial charge is 0.368 e. The summed E-state index contributed by atoms with van der Waals surface area (Å²) >= 11 is 0. The van der Waals surface area contributed by atoms with Crippen LogP contribution in [-0.4, -0.2) is 21.9 Å². The summed E-state index contributed by atoms with van der Waals surface area (Å²) in [6, 6.07) is 9.18. The minimum Gasteiger partial charge on any atom is -0.368 e. The van der Waals surface area contributed by atoms with Crippen LogP contribution in [0.4, 0.5) is 23.1 Å². The molecule has 0 amide bonds. The van der Waals surface area contributed by atoms with Gasteiger partial charge in [0.05, 0.1) is 4.92 Å². The van der Waals surface area contributed by atoms with Crippen LogP contribution in [-0.2, 0) is 0 Å². The molecule has 2 N–H and O–H groups in total. The molecule has 0 unspecified atom stereocenters. The molecule has 1 heterocycles. The Balaban J connectivity index is 2.50. The summed E-state index contributed by atoms with van der Waals surface area (Å²) in [5.74, 6) is 0.164. The van der Waals surface area contributed by atoms with E-state index in [1.54, 1.807) is 11.9 Å². The molecule has 0 fully saturated rings. The number of hydrogen-bond donors (Lipinski definition) is 1. The van der Waals surface area contributed by atoms with Crippen LogP contribution in [0.25, 0.3) is 0 Å². The summed E-state index contributed by atoms with van der Waals surface area (Å²) in [5, 5.41) is 10.9. The van der Waals surface area contributed by atoms with Gasteiger partial charge in [0.1, 0.15) is 6.20 Å². The Bertz CT molecular complexity index is 573. The quantitative estimate of drug-likeness (QED) is 0.653. The molecule has 7 heteroatoms. The van der Waals surface area contributed by atoms with Crippen LogP contribution in [0, 0.1) is 10.1 Å². The summed E-state index contributed by atoms with van der Waals surface area (Å²) in [5.41, 5.74) is 6.06. The molecular weight excluding hydrogens is 234 g/mol. The van der Waals surface area contributed by atoms with Gasteiger partial charge in [-0.2, -0.15) is 4.98 Å². The average molecular weight is 245 g/mol. The van der Waals surface area contributed by atoms with Crippen molar-refractivity contribution in [2.24, 2.45) is 0 Å². The molecule has 1 aromatic carbocycles. The van der Waals surface area contributed by atoms with Crippen molar-refractivity contribution in [2.75, 3.05) is 17.7 Å². The summed E-state index contributed by atoms with van der Waals surface area (Å²) in [4.78, 5) is 19.5. The van der Waals surface area contributed by atoms with Crippen molar-refractivity contribution in [1.29, 1.82) is 0 Å². The van der Waals surface area contributed by atoms with Crippen molar-refractivity contribution in [3.05, 3.63) is 46.6 Å². The molecule has 2 aromatic rings. The van der Waals surface area contributed by atoms with E-state index in [0.717, 1.165) is 11.9 Å². The van der Waals surface area contributed by atoms with Crippen LogP contribution in [0.3, 0.4) is 0 Å². The maximum Gasteiger partial charge on any atom is 0.330 e. The zero-order chi connectivity index (χ0) is 13.1. The van der Waals surface area contributed by atoms with E-state index in [-0.39, 0.29) is 17.5 Å². The van der Waals surface area contributed by atoms with E-state index in [2.05, 4.69) is 9.97 Å². The van der Waals surface area contributed by atoms with E-state index < -0.39 is 4.92 Å². The first-order chi connectivity index (χ1) is 8.59. The van der Waals surface area contributed by atoms with Crippen molar-refractivity contribution >= 4 is 23.1 Å². The lowest BCUT2D eigenvalue weighted by molar-refractivity contribution is -0.384. The lowest BCUT2D eigenvalue weighted by Gasteiger charge is -2.17. The summed E-state index contributed by atoms with van der Waals surface area (Å²) < 4.78 is 0. The third-order valence-corrected chi connectivity index (χ3v) is 2.43. The Morgan fingerprint density at radius 3 is 2.61 bits per heavy atom. The second-order valence-corrected chi connectivity index (χ2v) is 3.59. The van der Waals surface area contributed by atoms with E-state index in [0.29, 0.717) is 0 Å². The molecule has 0 aliphatic rings. The fourth-order valence-electron chi connectivity index (χ4n) is 1.53. The number of nitrogen functional groups attached to an aromatic ring is 1. The molecule has 0 aliphatic heterocycles. The standard InChI is InChI=1S/C11H11N5O2/c1-15(8-5-3-2-4-6-8)10-9(16(17)18)7-13-11(12)14-10/h2-7H,1H3,(H2,12,13,14). The average Bonchev–Trinajstić information content (AvgIpc) is 2.38. The first kappa shape index (κ1) is 11.8. The molecule has 1 aromatic heterocycles. The summed E-state index contributed by atoms with van der Waals surface area (Å²) in [6.45, 7) is 0. The number of para-hydroxylation sites is 1. The van der Waals surface area contributed by atoms with E-state index in [1.807, 2.05) is 30.3 Å². The molecule has 0 radical (unpaired) electrons. The van der Waals surface area contributed by atoms with Crippen molar-refractivity contribution < 1.29 is 4.92 Å². The second-order valence-electron chi connectivity index (χ2n) is 3.59. The zero-order valence-corrected chi connectivity index (χ0v) is 9.65. The smallest absolute Gasteiger partial charge is 0.330 e. The number of anilines is 3. The van der Waals surface area contributed by atoms with Gasteiger partial charge in [-0.3, -0.25) is 10.1 Å². The van der Waals surface area contributed by atoms with Gasteiger partial charge in [0.25, 0.3) is 0 Å². The predicted molar refractivity (Wildman–Crippen MR) is 67.6 cm³/mol. The van der Waals surface area contributed by atoms with Crippen molar-refractivity contribution in [2.45, 2.75) is 0 Å². The summed E-state index contributed by atoms with van der Waals surface area (Å²) in [7, 11) is 1.68. The van der Waals surface area contributed by atoms with Gasteiger partial charge < -0.3 is 10.6 Å². The Morgan fingerprint density at radius 2 is 2.00 bits per heavy atom. The SMILES string of the molecule is CN(c1ccccc1)c1nc(N)ncc1[N+](=O)[O-]. The van der Waals surface area contributed by atoms with Gasteiger partial charge in [-0.25, -0.2) is 4.98 Å². The van der Waals surface area contributed by atoms with Gasteiger partial charge in [0.15, 0.2) is 0 Å². The molecule has 2 rings (SSSR count). The van der Waals surface area contributed by atoms with Gasteiger partial charge in [-0.05, 0) is 12.1 Å². The predicted octanol–water partition coefficient (Wildman–Crippen LogP) is 1.73. The maximum absolute atomic E-state index is 10.9. The molecule has 7 nitrogen and oxygen atoms in total. The van der Waals surface area contributed by atoms with Crippen LogP contribution >= 0.6 is 0 Å². The maximum atomic E-state index is 10.9. The third-order valence-electron chi connectivity index (χ3n) is 2.43. The Morgan fingerprint density at radius 1 is 1.33 bits per heavy atom. The molecule has 18 heavy (non-hydrogen) atoms. The molecule has 92 valence electrons. The van der Waals surface area contributed by atoms with E-state index in [1.165, 1.54) is 0 Å². The van der Waals surface area contributed by atoms with Gasteiger partial charge >= 0.3 is 5.69 Å². The van der Waals surface area contributed by atoms with Crippen LogP contribution in [0.2, 0.25) is 0 Å². The van der Waals surface area contributed by atoms with Crippen LogP contribution < -0.4 is 10.6 Å². The zero-order valence-electron chi connectivity index (χ0n) is 9.65. The van der Waals surface area contributed by atoms with Gasteiger partial charge in [-0.1, -0.05) is 18.2 Å². The number of aromatic nitrogens is 2. The highest BCUT2D eigenvalue weighted by atomic mass is 16.6. The molecule has 0 atom stereocenters. The lowest BCUT2D eigenvalue weighted by Crippen LogP contribution is -2.14. The topological polar surface area (TPSA) is 98.2 Å². The van der Waals surface area contributed by atoms with Crippen molar-refractivity contribution in [3.8, 4) is 0 Å². The van der Waals surface area contributed by atoms with E-state index in [4.69, 9.17) is 5.73 Å². The fraction of sp³-hybridized carbons (Fsp3) is 0.0909. The molecule has 0 aliphatic carbocycles. The lowest BCUT2D eigenvalue weighted by atomic mass is 10.3. The highest BCUT2D eigenvalue weighted by molar-refractivity contribution is 5.67. The molecule has 0 saturated carbocycles. The number of rotatable bonds is 3. The van der Waals surface area contributed by atoms with Gasteiger partial charge in [0, 0.05) is 12.7 Å². The third kappa shape index (κ3) is 2.19. The van der Waals surface area contributed by atoms with Crippen LogP contribution in [0.5, 0.6) is 0 Å². The van der Waals surface area contributed by atoms with Gasteiger partial charge in [-0.15, -0.1) is 0 Å². The highest BCUT2D eigenvalue weighted by Gasteiger charge is 2.20. The number of hydrogen-bond acceptors (Lipinski definition) is 6. The van der Waals surface area contributed by atoms with Gasteiger partial charge in [0.2, 0.25) is 11.8 Å². The molecule has 0 spiro atoms. The fourth-order valence-corrected chi connectivity index (χ4v) is 1.53. The normalized spacial score (nSPS) is 10.1. The Labute approximate surface area is 103 Å². The molecule has 0 bridgehead atoms. The van der Waals surface area contributed by atoms with Crippen LogP contribution in [0.1, 0.15) is 0 Å². The van der Waals surface area contributed by atoms with E-state index >= 15 is 0 Å². The number of benzene rings is 1. The highest BCUT2D eigenvalue weighted by Crippen LogP contribution is 2.29. The van der Waals surface area contributed by atoms with Crippen molar-refractivity contribution in [1.82, 2.24) is 9.97 Å². The molecular formula is C11H11N5O2.